The molecule has 0 spiro atoms. The average molecular weight is 673 g/mol. The third kappa shape index (κ3) is 11.0. The van der Waals surface area contributed by atoms with E-state index in [9.17, 15) is 29.3 Å². The summed E-state index contributed by atoms with van der Waals surface area (Å²) in [7, 11) is 0. The van der Waals surface area contributed by atoms with Crippen LogP contribution < -0.4 is 20.3 Å². The zero-order valence-corrected chi connectivity index (χ0v) is 28.2. The number of rotatable bonds is 19. The van der Waals surface area contributed by atoms with E-state index in [4.69, 9.17) is 4.74 Å². The predicted molar refractivity (Wildman–Crippen MR) is 180 cm³/mol. The molecule has 266 valence electrons. The number of aliphatic hydroxyl groups excluding tert-OH is 3. The predicted octanol–water partition coefficient (Wildman–Crippen LogP) is 2.83. The van der Waals surface area contributed by atoms with Crippen molar-refractivity contribution in [1.29, 1.82) is 0 Å². The summed E-state index contributed by atoms with van der Waals surface area (Å²) in [6, 6.07) is 4.18. The minimum absolute atomic E-state index is 0.0154. The molecule has 3 amide bonds. The lowest BCUT2D eigenvalue weighted by atomic mass is 9.92. The molecule has 4 rings (SSSR count). The summed E-state index contributed by atoms with van der Waals surface area (Å²) in [6.07, 6.45) is 12.6. The SMILES string of the molecule is CCCc1cnc(N2CCC(CCCOc3ccc(CC(=O)N4CC(CCCCNC(=O)NC(CO)(CO)CO)C4)c(F)c3)CC2)nc1. The van der Waals surface area contributed by atoms with Crippen molar-refractivity contribution in [2.24, 2.45) is 11.8 Å². The van der Waals surface area contributed by atoms with Gasteiger partial charge in [-0.15, -0.1) is 0 Å². The van der Waals surface area contributed by atoms with Crippen molar-refractivity contribution in [2.75, 3.05) is 64.1 Å². The van der Waals surface area contributed by atoms with E-state index in [1.165, 1.54) is 11.6 Å². The van der Waals surface area contributed by atoms with Crippen LogP contribution in [0.15, 0.2) is 30.6 Å². The van der Waals surface area contributed by atoms with Crippen LogP contribution in [-0.2, 0) is 17.6 Å². The van der Waals surface area contributed by atoms with E-state index in [1.54, 1.807) is 17.0 Å². The van der Waals surface area contributed by atoms with Crippen molar-refractivity contribution >= 4 is 17.9 Å². The van der Waals surface area contributed by atoms with Crippen LogP contribution >= 0.6 is 0 Å². The summed E-state index contributed by atoms with van der Waals surface area (Å²) in [4.78, 5) is 37.8. The first-order chi connectivity index (χ1) is 23.3. The standard InChI is InChI=1S/C35H53FN6O6/c1-2-6-27-19-38-33(39-20-27)41-14-11-26(12-15-41)8-5-16-48-30-10-9-29(31(36)18-30)17-32(46)42-21-28(22-42)7-3-4-13-37-34(47)40-35(23-43,24-44)25-45/h9-10,18-20,26,28,43-45H,2-8,11-17,21-25H2,1H3,(H2,37,40,47). The summed E-state index contributed by atoms with van der Waals surface area (Å²) < 4.78 is 20.7. The van der Waals surface area contributed by atoms with Crippen LogP contribution in [0.25, 0.3) is 0 Å². The highest BCUT2D eigenvalue weighted by atomic mass is 19.1. The normalized spacial score (nSPS) is 15.7. The van der Waals surface area contributed by atoms with Gasteiger partial charge in [-0.05, 0) is 74.0 Å². The molecule has 2 aliphatic rings. The zero-order chi connectivity index (χ0) is 34.4. The van der Waals surface area contributed by atoms with E-state index in [-0.39, 0.29) is 12.3 Å². The Morgan fingerprint density at radius 1 is 1.00 bits per heavy atom. The van der Waals surface area contributed by atoms with Gasteiger partial charge < -0.3 is 40.5 Å². The van der Waals surface area contributed by atoms with Crippen LogP contribution in [0.5, 0.6) is 5.75 Å². The highest BCUT2D eigenvalue weighted by molar-refractivity contribution is 5.79. The van der Waals surface area contributed by atoms with Gasteiger partial charge in [0, 0.05) is 51.2 Å². The lowest BCUT2D eigenvalue weighted by Gasteiger charge is -2.39. The first kappa shape index (κ1) is 37.3. The smallest absolute Gasteiger partial charge is 0.315 e. The number of hydrogen-bond donors (Lipinski definition) is 5. The Morgan fingerprint density at radius 2 is 1.69 bits per heavy atom. The number of nitrogens with one attached hydrogen (secondary N) is 2. The molecule has 0 unspecified atom stereocenters. The molecule has 2 fully saturated rings. The van der Waals surface area contributed by atoms with Crippen LogP contribution in [0.4, 0.5) is 15.1 Å². The highest BCUT2D eigenvalue weighted by Crippen LogP contribution is 2.26. The molecule has 3 heterocycles. The number of carbonyl (C=O) groups excluding carboxylic acids is 2. The van der Waals surface area contributed by atoms with E-state index in [0.29, 0.717) is 49.4 Å². The summed E-state index contributed by atoms with van der Waals surface area (Å²) in [5.74, 6) is 1.78. The van der Waals surface area contributed by atoms with Crippen LogP contribution in [0.1, 0.15) is 69.4 Å². The quantitative estimate of drug-likeness (QED) is 0.142. The van der Waals surface area contributed by atoms with Gasteiger partial charge in [-0.2, -0.15) is 0 Å². The lowest BCUT2D eigenvalue weighted by Crippen LogP contribution is -2.59. The number of likely N-dealkylation sites (tertiary alicyclic amines) is 1. The maximum absolute atomic E-state index is 14.8. The van der Waals surface area contributed by atoms with Crippen molar-refractivity contribution in [3.05, 3.63) is 47.5 Å². The number of unbranched alkanes of at least 4 members (excludes halogenated alkanes) is 1. The second kappa shape index (κ2) is 18.8. The molecular formula is C35H53FN6O6. The molecule has 0 saturated carbocycles. The van der Waals surface area contributed by atoms with Crippen molar-refractivity contribution in [3.8, 4) is 5.75 Å². The molecule has 5 N–H and O–H groups in total. The number of aryl methyl sites for hydroxylation is 1. The Labute approximate surface area is 283 Å². The van der Waals surface area contributed by atoms with Crippen molar-refractivity contribution < 1.29 is 34.0 Å². The van der Waals surface area contributed by atoms with Crippen molar-refractivity contribution in [1.82, 2.24) is 25.5 Å². The number of urea groups is 1. The Hall–Kier alpha value is -3.55. The zero-order valence-electron chi connectivity index (χ0n) is 28.2. The summed E-state index contributed by atoms with van der Waals surface area (Å²) >= 11 is 0. The Bertz CT molecular complexity index is 1270. The van der Waals surface area contributed by atoms with Gasteiger partial charge in [-0.3, -0.25) is 4.79 Å². The second-order valence-electron chi connectivity index (χ2n) is 13.3. The first-order valence-corrected chi connectivity index (χ1v) is 17.4. The minimum atomic E-state index is -1.46. The third-order valence-corrected chi connectivity index (χ3v) is 9.44. The number of aliphatic hydroxyl groups is 3. The summed E-state index contributed by atoms with van der Waals surface area (Å²) in [5.41, 5.74) is 0.0884. The lowest BCUT2D eigenvalue weighted by molar-refractivity contribution is -0.137. The average Bonchev–Trinajstić information content (AvgIpc) is 3.08. The van der Waals surface area contributed by atoms with Crippen LogP contribution in [0.3, 0.4) is 0 Å². The monoisotopic (exact) mass is 672 g/mol. The molecule has 0 aliphatic carbocycles. The van der Waals surface area contributed by atoms with Gasteiger partial charge in [0.15, 0.2) is 0 Å². The van der Waals surface area contributed by atoms with Crippen molar-refractivity contribution in [3.63, 3.8) is 0 Å². The fraction of sp³-hybridized carbons (Fsp3) is 0.657. The first-order valence-electron chi connectivity index (χ1n) is 17.4. The third-order valence-electron chi connectivity index (χ3n) is 9.44. The number of nitrogens with zero attached hydrogens (tertiary/aromatic N) is 4. The molecule has 13 heteroatoms. The molecule has 1 aromatic heterocycles. The van der Waals surface area contributed by atoms with Gasteiger partial charge in [-0.1, -0.05) is 25.8 Å². The fourth-order valence-electron chi connectivity index (χ4n) is 6.22. The summed E-state index contributed by atoms with van der Waals surface area (Å²) in [6.45, 7) is 4.53. The van der Waals surface area contributed by atoms with Gasteiger partial charge in [0.05, 0.1) is 32.8 Å². The van der Waals surface area contributed by atoms with Crippen LogP contribution in [0.2, 0.25) is 0 Å². The summed E-state index contributed by atoms with van der Waals surface area (Å²) in [5, 5.41) is 32.9. The molecule has 2 aliphatic heterocycles. The van der Waals surface area contributed by atoms with Crippen molar-refractivity contribution in [2.45, 2.75) is 76.7 Å². The number of piperidine rings is 1. The van der Waals surface area contributed by atoms with Crippen LogP contribution in [-0.4, -0.2) is 107 Å². The molecular weight excluding hydrogens is 619 g/mol. The van der Waals surface area contributed by atoms with Gasteiger partial charge in [0.25, 0.3) is 0 Å². The number of amides is 3. The molecule has 2 aromatic rings. The highest BCUT2D eigenvalue weighted by Gasteiger charge is 2.31. The van der Waals surface area contributed by atoms with E-state index in [1.807, 2.05) is 12.4 Å². The van der Waals surface area contributed by atoms with Crippen LogP contribution in [0, 0.1) is 17.7 Å². The molecule has 48 heavy (non-hydrogen) atoms. The number of carbonyl (C=O) groups is 2. The number of hydrogen-bond acceptors (Lipinski definition) is 9. The molecule has 2 saturated heterocycles. The van der Waals surface area contributed by atoms with E-state index < -0.39 is 37.2 Å². The fourth-order valence-corrected chi connectivity index (χ4v) is 6.22. The number of ether oxygens (including phenoxy) is 1. The molecule has 0 radical (unpaired) electrons. The van der Waals surface area contributed by atoms with Gasteiger partial charge in [0.1, 0.15) is 17.1 Å². The number of anilines is 1. The molecule has 12 nitrogen and oxygen atoms in total. The van der Waals surface area contributed by atoms with E-state index in [2.05, 4.69) is 32.4 Å². The number of halogens is 1. The Kier molecular flexibility index (Phi) is 14.6. The van der Waals surface area contributed by atoms with E-state index in [0.717, 1.165) is 76.8 Å². The van der Waals surface area contributed by atoms with Gasteiger partial charge in [0.2, 0.25) is 11.9 Å². The minimum Gasteiger partial charge on any atom is -0.493 e. The number of aromatic nitrogens is 2. The number of benzene rings is 1. The molecule has 0 atom stereocenters. The van der Waals surface area contributed by atoms with Gasteiger partial charge in [-0.25, -0.2) is 19.2 Å². The molecule has 1 aromatic carbocycles. The Morgan fingerprint density at radius 3 is 2.33 bits per heavy atom. The topological polar surface area (TPSA) is 160 Å². The maximum Gasteiger partial charge on any atom is 0.315 e. The maximum atomic E-state index is 14.8. The second-order valence-corrected chi connectivity index (χ2v) is 13.3. The van der Waals surface area contributed by atoms with Gasteiger partial charge >= 0.3 is 6.03 Å². The molecule has 0 bridgehead atoms. The van der Waals surface area contributed by atoms with E-state index >= 15 is 0 Å². The largest absolute Gasteiger partial charge is 0.493 e. The Balaban J connectivity index is 1.05.